The van der Waals surface area contributed by atoms with Gasteiger partial charge in [0.25, 0.3) is 5.69 Å². The quantitative estimate of drug-likeness (QED) is 0.569. The molecule has 1 aromatic carbocycles. The molecule has 10 heteroatoms. The first-order valence-corrected chi connectivity index (χ1v) is 7.02. The summed E-state index contributed by atoms with van der Waals surface area (Å²) in [5, 5.41) is 18.1. The van der Waals surface area contributed by atoms with E-state index in [-0.39, 0.29) is 15.7 Å². The summed E-state index contributed by atoms with van der Waals surface area (Å²) in [4.78, 5) is 18.4. The van der Waals surface area contributed by atoms with Gasteiger partial charge in [-0.2, -0.15) is 5.10 Å². The van der Waals surface area contributed by atoms with Crippen LogP contribution in [0.25, 0.3) is 5.95 Å². The van der Waals surface area contributed by atoms with E-state index in [1.165, 1.54) is 23.0 Å². The van der Waals surface area contributed by atoms with Crippen LogP contribution in [0, 0.1) is 10.1 Å². The highest BCUT2D eigenvalue weighted by molar-refractivity contribution is 6.39. The fourth-order valence-corrected chi connectivity index (χ4v) is 2.41. The number of hydrogen-bond acceptors (Lipinski definition) is 6. The molecular formula is C13H8Cl2N6O2. The normalized spacial score (nSPS) is 10.5. The number of hydrogen-bond donors (Lipinski definition) is 1. The Morgan fingerprint density at radius 2 is 1.83 bits per heavy atom. The molecule has 23 heavy (non-hydrogen) atoms. The lowest BCUT2D eigenvalue weighted by atomic mass is 10.2. The largest absolute Gasteiger partial charge is 0.351 e. The molecule has 0 fully saturated rings. The number of nitrogens with zero attached hydrogens (tertiary/aromatic N) is 5. The third kappa shape index (κ3) is 3.22. The first kappa shape index (κ1) is 15.2. The van der Waals surface area contributed by atoms with E-state index >= 15 is 0 Å². The van der Waals surface area contributed by atoms with Crippen LogP contribution in [0.15, 0.2) is 43.0 Å². The Kier molecular flexibility index (Phi) is 4.09. The number of non-ortho nitro benzene ring substituents is 1. The minimum atomic E-state index is -0.563. The highest BCUT2D eigenvalue weighted by Crippen LogP contribution is 2.36. The molecule has 2 aromatic heterocycles. The van der Waals surface area contributed by atoms with E-state index in [0.29, 0.717) is 17.3 Å². The molecule has 0 aliphatic carbocycles. The van der Waals surface area contributed by atoms with E-state index in [1.807, 2.05) is 0 Å². The van der Waals surface area contributed by atoms with Gasteiger partial charge in [-0.25, -0.2) is 14.6 Å². The number of nitrogens with one attached hydrogen (secondary N) is 1. The van der Waals surface area contributed by atoms with E-state index in [0.717, 1.165) is 0 Å². The second-order valence-corrected chi connectivity index (χ2v) is 5.20. The molecule has 0 saturated heterocycles. The van der Waals surface area contributed by atoms with Gasteiger partial charge in [-0.15, -0.1) is 0 Å². The van der Waals surface area contributed by atoms with E-state index in [1.54, 1.807) is 24.7 Å². The van der Waals surface area contributed by atoms with Crippen molar-refractivity contribution in [3.63, 3.8) is 0 Å². The zero-order valence-corrected chi connectivity index (χ0v) is 12.9. The Labute approximate surface area is 139 Å². The van der Waals surface area contributed by atoms with Crippen molar-refractivity contribution in [2.75, 3.05) is 5.32 Å². The smallest absolute Gasteiger partial charge is 0.272 e. The first-order valence-electron chi connectivity index (χ1n) is 6.27. The summed E-state index contributed by atoms with van der Waals surface area (Å²) in [5.41, 5.74) is 0.751. The first-order chi connectivity index (χ1) is 11.0. The topological polar surface area (TPSA) is 98.8 Å². The molecule has 0 aliphatic heterocycles. The van der Waals surface area contributed by atoms with Gasteiger partial charge in [-0.1, -0.05) is 23.2 Å². The molecule has 3 rings (SSSR count). The second-order valence-electron chi connectivity index (χ2n) is 4.39. The zero-order chi connectivity index (χ0) is 16.4. The molecule has 0 atom stereocenters. The van der Waals surface area contributed by atoms with Gasteiger partial charge in [0.05, 0.1) is 38.7 Å². The summed E-state index contributed by atoms with van der Waals surface area (Å²) in [6.07, 6.45) is 6.37. The molecule has 0 radical (unpaired) electrons. The van der Waals surface area contributed by atoms with Crippen LogP contribution in [0.2, 0.25) is 10.0 Å². The summed E-state index contributed by atoms with van der Waals surface area (Å²) in [6.45, 7) is 0. The molecule has 0 spiro atoms. The average molecular weight is 351 g/mol. The van der Waals surface area contributed by atoms with Crippen LogP contribution in [0.5, 0.6) is 0 Å². The predicted octanol–water partition coefficient (Wildman–Crippen LogP) is 3.62. The van der Waals surface area contributed by atoms with E-state index in [4.69, 9.17) is 23.2 Å². The lowest BCUT2D eigenvalue weighted by Gasteiger charge is -2.08. The lowest BCUT2D eigenvalue weighted by Crippen LogP contribution is -1.99. The molecule has 0 bridgehead atoms. The summed E-state index contributed by atoms with van der Waals surface area (Å²) in [6, 6.07) is 4.14. The third-order valence-electron chi connectivity index (χ3n) is 2.85. The van der Waals surface area contributed by atoms with Gasteiger partial charge in [-0.3, -0.25) is 10.1 Å². The Hall–Kier alpha value is -2.71. The van der Waals surface area contributed by atoms with Crippen LogP contribution in [-0.4, -0.2) is 24.7 Å². The van der Waals surface area contributed by atoms with Gasteiger partial charge in [0.2, 0.25) is 5.95 Å². The van der Waals surface area contributed by atoms with Crippen molar-refractivity contribution in [3.05, 3.63) is 63.1 Å². The molecule has 8 nitrogen and oxygen atoms in total. The van der Waals surface area contributed by atoms with Gasteiger partial charge >= 0.3 is 0 Å². The van der Waals surface area contributed by atoms with Crippen LogP contribution in [0.1, 0.15) is 0 Å². The van der Waals surface area contributed by atoms with Crippen molar-refractivity contribution in [1.82, 2.24) is 19.7 Å². The van der Waals surface area contributed by atoms with Crippen molar-refractivity contribution < 1.29 is 4.92 Å². The van der Waals surface area contributed by atoms with E-state index < -0.39 is 4.92 Å². The number of halogens is 2. The Morgan fingerprint density at radius 1 is 1.17 bits per heavy atom. The van der Waals surface area contributed by atoms with Crippen LogP contribution < -0.4 is 5.32 Å². The van der Waals surface area contributed by atoms with Crippen LogP contribution in [0.3, 0.4) is 0 Å². The van der Waals surface area contributed by atoms with Crippen molar-refractivity contribution >= 4 is 40.3 Å². The molecule has 1 N–H and O–H groups in total. The predicted molar refractivity (Wildman–Crippen MR) is 85.6 cm³/mol. The van der Waals surface area contributed by atoms with Gasteiger partial charge in [0.15, 0.2) is 0 Å². The molecular weight excluding hydrogens is 343 g/mol. The van der Waals surface area contributed by atoms with Crippen LogP contribution >= 0.6 is 23.2 Å². The van der Waals surface area contributed by atoms with Gasteiger partial charge in [0, 0.05) is 24.5 Å². The lowest BCUT2D eigenvalue weighted by molar-refractivity contribution is -0.384. The summed E-state index contributed by atoms with van der Waals surface area (Å²) < 4.78 is 1.47. The average Bonchev–Trinajstić information content (AvgIpc) is 3.00. The SMILES string of the molecule is O=[N+]([O-])c1cc(Cl)c(Nc2cnn(-c3ncccn3)c2)c(Cl)c1. The number of rotatable bonds is 4. The molecule has 0 aliphatic rings. The van der Waals surface area contributed by atoms with Crippen molar-refractivity contribution in [1.29, 1.82) is 0 Å². The number of benzene rings is 1. The zero-order valence-electron chi connectivity index (χ0n) is 11.3. The van der Waals surface area contributed by atoms with Gasteiger partial charge < -0.3 is 5.32 Å². The van der Waals surface area contributed by atoms with Gasteiger partial charge in [-0.05, 0) is 6.07 Å². The minimum absolute atomic E-state index is 0.132. The molecule has 0 amide bonds. The maximum atomic E-state index is 10.8. The molecule has 0 saturated carbocycles. The van der Waals surface area contributed by atoms with Crippen molar-refractivity contribution in [2.24, 2.45) is 0 Å². The summed E-state index contributed by atoms with van der Waals surface area (Å²) in [5.74, 6) is 0.404. The molecule has 3 aromatic rings. The Morgan fingerprint density at radius 3 is 2.43 bits per heavy atom. The Balaban J connectivity index is 1.89. The molecule has 2 heterocycles. The van der Waals surface area contributed by atoms with Crippen LogP contribution in [0.4, 0.5) is 17.1 Å². The molecule has 0 unspecified atom stereocenters. The highest BCUT2D eigenvalue weighted by atomic mass is 35.5. The fourth-order valence-electron chi connectivity index (χ4n) is 1.84. The number of aromatic nitrogens is 4. The van der Waals surface area contributed by atoms with Crippen molar-refractivity contribution in [2.45, 2.75) is 0 Å². The second kappa shape index (κ2) is 6.19. The van der Waals surface area contributed by atoms with Crippen molar-refractivity contribution in [3.8, 4) is 5.95 Å². The number of nitro benzene ring substituents is 1. The van der Waals surface area contributed by atoms with Crippen LogP contribution in [-0.2, 0) is 0 Å². The van der Waals surface area contributed by atoms with Gasteiger partial charge in [0.1, 0.15) is 0 Å². The number of nitro groups is 1. The highest BCUT2D eigenvalue weighted by Gasteiger charge is 2.15. The Bertz CT molecular complexity index is 845. The maximum absolute atomic E-state index is 10.8. The summed E-state index contributed by atoms with van der Waals surface area (Å²) >= 11 is 12.1. The maximum Gasteiger partial charge on any atom is 0.272 e. The summed E-state index contributed by atoms with van der Waals surface area (Å²) in [7, 11) is 0. The third-order valence-corrected chi connectivity index (χ3v) is 3.44. The molecule has 116 valence electrons. The van der Waals surface area contributed by atoms with E-state index in [2.05, 4.69) is 20.4 Å². The standard InChI is InChI=1S/C13H8Cl2N6O2/c14-10-4-9(21(22)23)5-11(15)12(10)19-8-6-18-20(7-8)13-16-2-1-3-17-13/h1-7,19H. The number of anilines is 2. The van der Waals surface area contributed by atoms with E-state index in [9.17, 15) is 10.1 Å². The minimum Gasteiger partial charge on any atom is -0.351 e. The fraction of sp³-hybridized carbons (Fsp3) is 0. The monoisotopic (exact) mass is 350 g/mol.